The lowest BCUT2D eigenvalue weighted by molar-refractivity contribution is 0.0746. The van der Waals surface area contributed by atoms with Crippen molar-refractivity contribution in [3.05, 3.63) is 35.5 Å². The molecule has 2 heterocycles. The molecule has 28 heavy (non-hydrogen) atoms. The van der Waals surface area contributed by atoms with Crippen LogP contribution in [0, 0.1) is 6.92 Å². The third kappa shape index (κ3) is 5.92. The van der Waals surface area contributed by atoms with Crippen molar-refractivity contribution in [2.24, 2.45) is 0 Å². The Balaban J connectivity index is 1.55. The molecule has 0 aliphatic carbocycles. The maximum atomic E-state index is 10.3. The van der Waals surface area contributed by atoms with Gasteiger partial charge in [-0.05, 0) is 50.7 Å². The zero-order chi connectivity index (χ0) is 19.9. The third-order valence-electron chi connectivity index (χ3n) is 4.75. The second-order valence-electron chi connectivity index (χ2n) is 7.34. The van der Waals surface area contributed by atoms with Crippen LogP contribution in [0.3, 0.4) is 0 Å². The second kappa shape index (κ2) is 9.86. The molecule has 3 rings (SSSR count). The number of methoxy groups -OCH3 is 1. The Hall–Kier alpha value is -2.16. The molecule has 0 bridgehead atoms. The average Bonchev–Trinajstić information content (AvgIpc) is 3.31. The minimum atomic E-state index is -0.519. The van der Waals surface area contributed by atoms with Crippen LogP contribution in [0.5, 0.6) is 11.5 Å². The Bertz CT molecular complexity index is 746. The number of benzene rings is 1. The van der Waals surface area contributed by atoms with Gasteiger partial charge in [0.2, 0.25) is 11.8 Å². The minimum Gasteiger partial charge on any atom is -0.493 e. The molecule has 1 aliphatic rings. The van der Waals surface area contributed by atoms with Crippen LogP contribution in [0.4, 0.5) is 0 Å². The molecule has 1 unspecified atom stereocenters. The van der Waals surface area contributed by atoms with Gasteiger partial charge in [-0.1, -0.05) is 6.07 Å². The van der Waals surface area contributed by atoms with Gasteiger partial charge in [-0.15, -0.1) is 10.2 Å². The van der Waals surface area contributed by atoms with Gasteiger partial charge in [-0.25, -0.2) is 0 Å². The van der Waals surface area contributed by atoms with Crippen molar-refractivity contribution in [1.82, 2.24) is 20.0 Å². The fourth-order valence-corrected chi connectivity index (χ4v) is 3.43. The summed E-state index contributed by atoms with van der Waals surface area (Å²) in [6, 6.07) is 5.85. The first-order valence-corrected chi connectivity index (χ1v) is 9.71. The van der Waals surface area contributed by atoms with E-state index in [1.807, 2.05) is 25.2 Å². The van der Waals surface area contributed by atoms with Crippen molar-refractivity contribution in [1.29, 1.82) is 0 Å². The number of likely N-dealkylation sites (tertiary alicyclic amines) is 1. The van der Waals surface area contributed by atoms with Gasteiger partial charge in [0, 0.05) is 20.0 Å². The zero-order valence-corrected chi connectivity index (χ0v) is 16.9. The van der Waals surface area contributed by atoms with E-state index in [1.54, 1.807) is 14.0 Å². The number of hydrogen-bond acceptors (Lipinski definition) is 8. The summed E-state index contributed by atoms with van der Waals surface area (Å²) in [6.45, 7) is 6.04. The normalized spacial score (nSPS) is 15.9. The molecule has 0 amide bonds. The molecule has 1 aromatic carbocycles. The van der Waals surface area contributed by atoms with Crippen LogP contribution in [0.1, 0.15) is 30.2 Å². The molecule has 1 aliphatic heterocycles. The van der Waals surface area contributed by atoms with E-state index in [-0.39, 0.29) is 6.61 Å². The molecule has 1 N–H and O–H groups in total. The molecular formula is C20H30N4O4. The van der Waals surface area contributed by atoms with Crippen molar-refractivity contribution in [2.45, 2.75) is 39.0 Å². The minimum absolute atomic E-state index is 0.243. The molecule has 8 heteroatoms. The third-order valence-corrected chi connectivity index (χ3v) is 4.75. The summed E-state index contributed by atoms with van der Waals surface area (Å²) in [5.41, 5.74) is 1.07. The Morgan fingerprint density at radius 1 is 1.21 bits per heavy atom. The molecule has 1 atom stereocenters. The Labute approximate surface area is 166 Å². The van der Waals surface area contributed by atoms with Gasteiger partial charge >= 0.3 is 0 Å². The van der Waals surface area contributed by atoms with Gasteiger partial charge in [-0.2, -0.15) is 0 Å². The summed E-state index contributed by atoms with van der Waals surface area (Å²) in [6.07, 6.45) is 1.90. The van der Waals surface area contributed by atoms with Crippen molar-refractivity contribution < 1.29 is 19.0 Å². The first kappa shape index (κ1) is 20.6. The number of β-amino-alcohol motifs (C(OH)–C–C–N with tert-alkyl or cyclic N) is 1. The summed E-state index contributed by atoms with van der Waals surface area (Å²) >= 11 is 0. The summed E-state index contributed by atoms with van der Waals surface area (Å²) in [5.74, 6) is 2.46. The molecule has 1 fully saturated rings. The number of rotatable bonds is 10. The Kier molecular flexibility index (Phi) is 7.24. The summed E-state index contributed by atoms with van der Waals surface area (Å²) in [4.78, 5) is 4.36. The van der Waals surface area contributed by atoms with Gasteiger partial charge in [0.05, 0.1) is 13.7 Å². The van der Waals surface area contributed by atoms with Crippen LogP contribution in [0.25, 0.3) is 0 Å². The van der Waals surface area contributed by atoms with E-state index in [4.69, 9.17) is 13.9 Å². The van der Waals surface area contributed by atoms with Gasteiger partial charge < -0.3 is 23.9 Å². The van der Waals surface area contributed by atoms with Crippen LogP contribution in [-0.4, -0.2) is 71.6 Å². The second-order valence-corrected chi connectivity index (χ2v) is 7.34. The molecule has 0 spiro atoms. The van der Waals surface area contributed by atoms with Crippen LogP contribution in [0.2, 0.25) is 0 Å². The predicted molar refractivity (Wildman–Crippen MR) is 104 cm³/mol. The highest BCUT2D eigenvalue weighted by Gasteiger charge is 2.17. The van der Waals surface area contributed by atoms with E-state index in [9.17, 15) is 5.11 Å². The van der Waals surface area contributed by atoms with Gasteiger partial charge in [0.25, 0.3) is 0 Å². The number of aliphatic hydroxyl groups excluding tert-OH is 1. The summed E-state index contributed by atoms with van der Waals surface area (Å²) in [7, 11) is 3.61. The van der Waals surface area contributed by atoms with E-state index in [0.717, 1.165) is 18.7 Å². The monoisotopic (exact) mass is 390 g/mol. The first-order valence-electron chi connectivity index (χ1n) is 9.71. The summed E-state index contributed by atoms with van der Waals surface area (Å²) < 4.78 is 16.7. The van der Waals surface area contributed by atoms with Crippen LogP contribution in [-0.2, 0) is 13.1 Å². The molecule has 1 aromatic heterocycles. The fraction of sp³-hybridized carbons (Fsp3) is 0.600. The zero-order valence-electron chi connectivity index (χ0n) is 16.9. The molecule has 0 radical (unpaired) electrons. The lowest BCUT2D eigenvalue weighted by Crippen LogP contribution is -2.33. The first-order chi connectivity index (χ1) is 13.5. The number of aromatic nitrogens is 2. The molecule has 0 saturated carbocycles. The molecule has 1 saturated heterocycles. The fourth-order valence-electron chi connectivity index (χ4n) is 3.43. The van der Waals surface area contributed by atoms with E-state index in [0.29, 0.717) is 42.9 Å². The van der Waals surface area contributed by atoms with Crippen molar-refractivity contribution in [2.75, 3.05) is 40.4 Å². The average molecular weight is 390 g/mol. The van der Waals surface area contributed by atoms with E-state index in [2.05, 4.69) is 20.0 Å². The maximum Gasteiger partial charge on any atom is 0.230 e. The summed E-state index contributed by atoms with van der Waals surface area (Å²) in [5, 5.41) is 18.2. The molecular weight excluding hydrogens is 360 g/mol. The Morgan fingerprint density at radius 2 is 2.00 bits per heavy atom. The number of ether oxygens (including phenoxy) is 2. The largest absolute Gasteiger partial charge is 0.493 e. The molecule has 154 valence electrons. The highest BCUT2D eigenvalue weighted by molar-refractivity contribution is 5.43. The van der Waals surface area contributed by atoms with E-state index >= 15 is 0 Å². The van der Waals surface area contributed by atoms with Gasteiger partial charge in [-0.3, -0.25) is 4.90 Å². The number of hydrogen-bond donors (Lipinski definition) is 1. The van der Waals surface area contributed by atoms with Gasteiger partial charge in [0.15, 0.2) is 11.5 Å². The molecule has 2 aromatic rings. The topological polar surface area (TPSA) is 84.1 Å². The quantitative estimate of drug-likeness (QED) is 0.658. The van der Waals surface area contributed by atoms with Crippen LogP contribution >= 0.6 is 0 Å². The van der Waals surface area contributed by atoms with E-state index in [1.165, 1.54) is 12.8 Å². The molecule has 8 nitrogen and oxygen atoms in total. The van der Waals surface area contributed by atoms with Crippen LogP contribution in [0.15, 0.2) is 22.6 Å². The van der Waals surface area contributed by atoms with Crippen LogP contribution < -0.4 is 9.47 Å². The predicted octanol–water partition coefficient (Wildman–Crippen LogP) is 1.85. The van der Waals surface area contributed by atoms with Crippen molar-refractivity contribution in [3.63, 3.8) is 0 Å². The number of nitrogens with zero attached hydrogens (tertiary/aromatic N) is 4. The lowest BCUT2D eigenvalue weighted by atomic mass is 10.2. The maximum absolute atomic E-state index is 10.3. The highest BCUT2D eigenvalue weighted by Crippen LogP contribution is 2.29. The smallest absolute Gasteiger partial charge is 0.230 e. The lowest BCUT2D eigenvalue weighted by Gasteiger charge is -2.21. The van der Waals surface area contributed by atoms with Gasteiger partial charge in [0.1, 0.15) is 12.7 Å². The van der Waals surface area contributed by atoms with Crippen molar-refractivity contribution in [3.8, 4) is 11.5 Å². The number of aliphatic hydroxyl groups is 1. The van der Waals surface area contributed by atoms with E-state index < -0.39 is 6.10 Å². The standard InChI is InChI=1S/C20H30N4O4/c1-15-21-22-20(28-15)13-23(2)11-16-6-7-18(26-3)19(10-16)27-14-17(25)12-24-8-4-5-9-24/h6-7,10,17,25H,4-5,8-9,11-14H2,1-3H3. The van der Waals surface area contributed by atoms with Crippen molar-refractivity contribution >= 4 is 0 Å². The highest BCUT2D eigenvalue weighted by atomic mass is 16.5. The SMILES string of the molecule is COc1ccc(CN(C)Cc2nnc(C)o2)cc1OCC(O)CN1CCCC1. The number of aryl methyl sites for hydroxylation is 1. The Morgan fingerprint density at radius 3 is 2.68 bits per heavy atom.